The fourth-order valence-electron chi connectivity index (χ4n) is 6.47. The Kier molecular flexibility index (Phi) is 11.2. The van der Waals surface area contributed by atoms with Gasteiger partial charge < -0.3 is 30.2 Å². The Morgan fingerprint density at radius 3 is 2.64 bits per heavy atom. The molecule has 50 heavy (non-hydrogen) atoms. The van der Waals surface area contributed by atoms with Gasteiger partial charge in [0.1, 0.15) is 11.4 Å². The first-order chi connectivity index (χ1) is 24.3. The summed E-state index contributed by atoms with van der Waals surface area (Å²) in [6.07, 6.45) is 4.79. The number of nitrogens with zero attached hydrogens (tertiary/aromatic N) is 4. The highest BCUT2D eigenvalue weighted by atomic mass is 35.5. The number of hydrogen-bond donors (Lipinski definition) is 3. The largest absolute Gasteiger partial charge is 0.496 e. The maximum absolute atomic E-state index is 13.4. The number of carbonyl (C=O) groups is 2. The number of anilines is 1. The number of aromatic nitrogens is 3. The fourth-order valence-corrected chi connectivity index (χ4v) is 6.78. The van der Waals surface area contributed by atoms with Crippen molar-refractivity contribution in [1.82, 2.24) is 30.5 Å². The summed E-state index contributed by atoms with van der Waals surface area (Å²) in [4.78, 5) is 41.0. The SMILES string of the molecule is COCC1CN(Cc2cnc(C(=O)Nc3cccc(-c4nccc(-c5ccc(CNC[C@H]6CCC(=O)N6)c(OC)n5)c4Cl)c3C)cc2OC)C1. The van der Waals surface area contributed by atoms with Crippen LogP contribution in [0.2, 0.25) is 5.02 Å². The van der Waals surface area contributed by atoms with E-state index in [1.165, 1.54) is 0 Å². The van der Waals surface area contributed by atoms with Crippen LogP contribution in [-0.2, 0) is 22.6 Å². The molecule has 0 radical (unpaired) electrons. The van der Waals surface area contributed by atoms with E-state index in [1.807, 2.05) is 43.3 Å². The molecule has 0 aliphatic carbocycles. The minimum Gasteiger partial charge on any atom is -0.496 e. The lowest BCUT2D eigenvalue weighted by molar-refractivity contribution is -0.119. The third-order valence-corrected chi connectivity index (χ3v) is 9.53. The van der Waals surface area contributed by atoms with E-state index in [4.69, 9.17) is 30.8 Å². The van der Waals surface area contributed by atoms with Gasteiger partial charge in [0.25, 0.3) is 5.91 Å². The van der Waals surface area contributed by atoms with Gasteiger partial charge in [-0.2, -0.15) is 0 Å². The summed E-state index contributed by atoms with van der Waals surface area (Å²) in [7, 11) is 4.91. The molecule has 0 saturated carbocycles. The standard InChI is InChI=1S/C37H42ClN7O5/c1-22-27(6-5-7-29(22)43-36(47)31-14-32(49-3)25(16-41-31)20-45-18-23(19-45)21-48-2)35-34(38)28(12-13-40-35)30-10-8-24(37(44-30)50-4)15-39-17-26-9-11-33(46)42-26/h5-8,10,12-14,16,23,26,39H,9,11,15,17-21H2,1-4H3,(H,42,46)(H,43,47)/t26-/m1/s1. The molecule has 5 heterocycles. The van der Waals surface area contributed by atoms with E-state index in [0.717, 1.165) is 48.4 Å². The van der Waals surface area contributed by atoms with Crippen LogP contribution < -0.4 is 25.4 Å². The number of methoxy groups -OCH3 is 3. The Labute approximate surface area is 296 Å². The Morgan fingerprint density at radius 2 is 1.90 bits per heavy atom. The molecule has 3 aromatic heterocycles. The number of amides is 2. The van der Waals surface area contributed by atoms with Gasteiger partial charge in [-0.25, -0.2) is 4.98 Å². The Balaban J connectivity index is 1.16. The molecule has 2 fully saturated rings. The zero-order valence-electron chi connectivity index (χ0n) is 28.7. The maximum Gasteiger partial charge on any atom is 0.274 e. The normalized spacial score (nSPS) is 16.2. The van der Waals surface area contributed by atoms with Gasteiger partial charge in [-0.3, -0.25) is 24.5 Å². The minimum atomic E-state index is -0.356. The lowest BCUT2D eigenvalue weighted by Gasteiger charge is -2.39. The van der Waals surface area contributed by atoms with Gasteiger partial charge in [0, 0.05) is 105 Å². The van der Waals surface area contributed by atoms with Gasteiger partial charge >= 0.3 is 0 Å². The van der Waals surface area contributed by atoms with Crippen LogP contribution >= 0.6 is 11.6 Å². The summed E-state index contributed by atoms with van der Waals surface area (Å²) < 4.78 is 16.5. The minimum absolute atomic E-state index is 0.0926. The first-order valence-corrected chi connectivity index (χ1v) is 17.0. The van der Waals surface area contributed by atoms with E-state index in [9.17, 15) is 9.59 Å². The topological polar surface area (TPSA) is 140 Å². The second kappa shape index (κ2) is 15.9. The first kappa shape index (κ1) is 35.2. The summed E-state index contributed by atoms with van der Waals surface area (Å²) in [5.41, 5.74) is 6.13. The molecular weight excluding hydrogens is 658 g/mol. The third-order valence-electron chi connectivity index (χ3n) is 9.15. The van der Waals surface area contributed by atoms with E-state index >= 15 is 0 Å². The van der Waals surface area contributed by atoms with Crippen molar-refractivity contribution in [1.29, 1.82) is 0 Å². The van der Waals surface area contributed by atoms with Crippen LogP contribution in [0, 0.1) is 12.8 Å². The molecule has 0 unspecified atom stereocenters. The van der Waals surface area contributed by atoms with E-state index < -0.39 is 0 Å². The third kappa shape index (κ3) is 7.89. The highest BCUT2D eigenvalue weighted by Crippen LogP contribution is 2.38. The van der Waals surface area contributed by atoms with Crippen molar-refractivity contribution < 1.29 is 23.8 Å². The van der Waals surface area contributed by atoms with Crippen LogP contribution in [0.3, 0.4) is 0 Å². The quantitative estimate of drug-likeness (QED) is 0.167. The fraction of sp³-hybridized carbons (Fsp3) is 0.378. The van der Waals surface area contributed by atoms with E-state index in [0.29, 0.717) is 71.3 Å². The Morgan fingerprint density at radius 1 is 1.06 bits per heavy atom. The summed E-state index contributed by atoms with van der Waals surface area (Å²) in [5, 5.41) is 9.78. The number of halogens is 1. The van der Waals surface area contributed by atoms with Gasteiger partial charge in [0.15, 0.2) is 0 Å². The number of rotatable bonds is 14. The molecule has 2 amide bonds. The van der Waals surface area contributed by atoms with Crippen molar-refractivity contribution in [3.05, 3.63) is 82.3 Å². The van der Waals surface area contributed by atoms with Crippen LogP contribution in [0.25, 0.3) is 22.5 Å². The van der Waals surface area contributed by atoms with Gasteiger partial charge in [0.05, 0.1) is 37.2 Å². The van der Waals surface area contributed by atoms with Crippen molar-refractivity contribution in [2.75, 3.05) is 52.9 Å². The molecule has 1 atom stereocenters. The monoisotopic (exact) mass is 699 g/mol. The average molecular weight is 700 g/mol. The number of likely N-dealkylation sites (tertiary alicyclic amines) is 1. The van der Waals surface area contributed by atoms with Crippen LogP contribution in [0.15, 0.2) is 54.9 Å². The molecule has 0 bridgehead atoms. The predicted molar refractivity (Wildman–Crippen MR) is 191 cm³/mol. The van der Waals surface area contributed by atoms with E-state index in [2.05, 4.69) is 30.8 Å². The highest BCUT2D eigenvalue weighted by Gasteiger charge is 2.28. The average Bonchev–Trinajstić information content (AvgIpc) is 3.53. The van der Waals surface area contributed by atoms with Crippen molar-refractivity contribution in [2.45, 2.75) is 38.9 Å². The number of ether oxygens (including phenoxy) is 3. The first-order valence-electron chi connectivity index (χ1n) is 16.6. The molecule has 6 rings (SSSR count). The number of benzene rings is 1. The molecule has 12 nitrogen and oxygen atoms in total. The summed E-state index contributed by atoms with van der Waals surface area (Å²) in [5.74, 6) is 1.37. The number of hydrogen-bond acceptors (Lipinski definition) is 10. The smallest absolute Gasteiger partial charge is 0.274 e. The van der Waals surface area contributed by atoms with Crippen LogP contribution in [0.1, 0.15) is 40.0 Å². The summed E-state index contributed by atoms with van der Waals surface area (Å²) in [6.45, 7) is 6.47. The lowest BCUT2D eigenvalue weighted by atomic mass is 10.0. The van der Waals surface area contributed by atoms with E-state index in [-0.39, 0.29) is 23.6 Å². The molecule has 262 valence electrons. The second-order valence-corrected chi connectivity index (χ2v) is 13.0. The van der Waals surface area contributed by atoms with Crippen molar-refractivity contribution in [3.8, 4) is 34.1 Å². The zero-order chi connectivity index (χ0) is 35.2. The van der Waals surface area contributed by atoms with Crippen molar-refractivity contribution >= 4 is 29.1 Å². The van der Waals surface area contributed by atoms with Crippen LogP contribution in [-0.4, -0.2) is 85.3 Å². The molecule has 2 saturated heterocycles. The molecular formula is C37H42ClN7O5. The highest BCUT2D eigenvalue weighted by molar-refractivity contribution is 6.35. The second-order valence-electron chi connectivity index (χ2n) is 12.6. The molecule has 13 heteroatoms. The van der Waals surface area contributed by atoms with Gasteiger partial charge in [-0.05, 0) is 37.1 Å². The molecule has 2 aliphatic heterocycles. The van der Waals surface area contributed by atoms with E-state index in [1.54, 1.807) is 39.8 Å². The van der Waals surface area contributed by atoms with Gasteiger partial charge in [-0.1, -0.05) is 29.8 Å². The van der Waals surface area contributed by atoms with Crippen LogP contribution in [0.5, 0.6) is 11.6 Å². The number of pyridine rings is 3. The summed E-state index contributed by atoms with van der Waals surface area (Å²) in [6, 6.07) is 13.1. The summed E-state index contributed by atoms with van der Waals surface area (Å²) >= 11 is 7.02. The lowest BCUT2D eigenvalue weighted by Crippen LogP contribution is -2.47. The molecule has 3 N–H and O–H groups in total. The molecule has 2 aliphatic rings. The Hall–Kier alpha value is -4.62. The number of nitrogens with one attached hydrogen (secondary N) is 3. The maximum atomic E-state index is 13.4. The van der Waals surface area contributed by atoms with Gasteiger partial charge in [-0.15, -0.1) is 0 Å². The van der Waals surface area contributed by atoms with Crippen molar-refractivity contribution in [2.24, 2.45) is 5.92 Å². The van der Waals surface area contributed by atoms with Crippen molar-refractivity contribution in [3.63, 3.8) is 0 Å². The zero-order valence-corrected chi connectivity index (χ0v) is 29.5. The molecule has 4 aromatic rings. The van der Waals surface area contributed by atoms with Crippen LogP contribution in [0.4, 0.5) is 5.69 Å². The van der Waals surface area contributed by atoms with Gasteiger partial charge in [0.2, 0.25) is 11.8 Å². The molecule has 1 aromatic carbocycles. The Bertz CT molecular complexity index is 1870. The predicted octanol–water partition coefficient (Wildman–Crippen LogP) is 4.88. The number of carbonyl (C=O) groups excluding carboxylic acids is 2. The molecule has 0 spiro atoms.